The zero-order valence-corrected chi connectivity index (χ0v) is 12.9. The third-order valence-electron chi connectivity index (χ3n) is 2.78. The third-order valence-corrected chi connectivity index (χ3v) is 3.47. The number of ether oxygens (including phenoxy) is 1. The zero-order chi connectivity index (χ0) is 15.2. The Hall–Kier alpha value is -2.08. The van der Waals surface area contributed by atoms with Gasteiger partial charge in [-0.3, -0.25) is 4.79 Å². The minimum absolute atomic E-state index is 0.283. The molecule has 0 aliphatic rings. The molecule has 5 nitrogen and oxygen atoms in total. The summed E-state index contributed by atoms with van der Waals surface area (Å²) in [5.41, 5.74) is 0.379. The van der Waals surface area contributed by atoms with Crippen molar-refractivity contribution in [3.63, 3.8) is 0 Å². The molecule has 1 amide bonds. The van der Waals surface area contributed by atoms with Crippen LogP contribution >= 0.6 is 15.9 Å². The average molecular weight is 352 g/mol. The largest absolute Gasteiger partial charge is 0.467 e. The molecule has 0 saturated heterocycles. The monoisotopic (exact) mass is 351 g/mol. The van der Waals surface area contributed by atoms with E-state index in [2.05, 4.69) is 21.2 Å². The van der Waals surface area contributed by atoms with Gasteiger partial charge in [-0.25, -0.2) is 4.79 Å². The van der Waals surface area contributed by atoms with Crippen LogP contribution in [0.5, 0.6) is 0 Å². The van der Waals surface area contributed by atoms with Gasteiger partial charge < -0.3 is 14.5 Å². The maximum Gasteiger partial charge on any atom is 0.339 e. The Bertz CT molecular complexity index is 624. The van der Waals surface area contributed by atoms with Crippen LogP contribution in [0.2, 0.25) is 0 Å². The number of esters is 1. The molecule has 1 N–H and O–H groups in total. The van der Waals surface area contributed by atoms with Crippen LogP contribution in [-0.2, 0) is 9.53 Å². The van der Waals surface area contributed by atoms with Gasteiger partial charge in [0.15, 0.2) is 6.61 Å². The SMILES string of the molecule is C[C@H](NC(=O)COC(=O)c1ccccc1Br)c1ccco1. The van der Waals surface area contributed by atoms with Crippen molar-refractivity contribution in [1.82, 2.24) is 5.32 Å². The standard InChI is InChI=1S/C15H14BrNO4/c1-10(13-7-4-8-20-13)17-14(18)9-21-15(19)11-5-2-3-6-12(11)16/h2-8,10H,9H2,1H3,(H,17,18)/t10-/m0/s1. The summed E-state index contributed by atoms with van der Waals surface area (Å²) in [7, 11) is 0. The lowest BCUT2D eigenvalue weighted by Crippen LogP contribution is -2.31. The van der Waals surface area contributed by atoms with Gasteiger partial charge in [0.05, 0.1) is 17.9 Å². The fourth-order valence-corrected chi connectivity index (χ4v) is 2.17. The van der Waals surface area contributed by atoms with E-state index >= 15 is 0 Å². The fraction of sp³-hybridized carbons (Fsp3) is 0.200. The lowest BCUT2D eigenvalue weighted by Gasteiger charge is -2.11. The minimum Gasteiger partial charge on any atom is -0.467 e. The predicted molar refractivity (Wildman–Crippen MR) is 79.7 cm³/mol. The van der Waals surface area contributed by atoms with Gasteiger partial charge in [-0.05, 0) is 47.1 Å². The molecule has 21 heavy (non-hydrogen) atoms. The zero-order valence-electron chi connectivity index (χ0n) is 11.3. The molecule has 6 heteroatoms. The molecule has 110 valence electrons. The number of benzene rings is 1. The first-order valence-corrected chi connectivity index (χ1v) is 7.11. The summed E-state index contributed by atoms with van der Waals surface area (Å²) in [5.74, 6) is -0.303. The average Bonchev–Trinajstić information content (AvgIpc) is 2.99. The van der Waals surface area contributed by atoms with Crippen molar-refractivity contribution >= 4 is 27.8 Å². The maximum absolute atomic E-state index is 11.8. The Morgan fingerprint density at radius 1 is 1.29 bits per heavy atom. The van der Waals surface area contributed by atoms with Crippen LogP contribution in [0.25, 0.3) is 0 Å². The van der Waals surface area contributed by atoms with E-state index in [-0.39, 0.29) is 18.6 Å². The summed E-state index contributed by atoms with van der Waals surface area (Å²) in [4.78, 5) is 23.6. The maximum atomic E-state index is 11.8. The van der Waals surface area contributed by atoms with Gasteiger partial charge in [0, 0.05) is 4.47 Å². The third kappa shape index (κ3) is 4.19. The van der Waals surface area contributed by atoms with E-state index in [9.17, 15) is 9.59 Å². The first kappa shape index (κ1) is 15.3. The number of halogens is 1. The van der Waals surface area contributed by atoms with Crippen LogP contribution in [0.4, 0.5) is 0 Å². The molecule has 0 unspecified atom stereocenters. The Morgan fingerprint density at radius 3 is 2.71 bits per heavy atom. The molecule has 0 aliphatic heterocycles. The van der Waals surface area contributed by atoms with Gasteiger partial charge in [-0.2, -0.15) is 0 Å². The summed E-state index contributed by atoms with van der Waals surface area (Å²) in [6, 6.07) is 10.1. The van der Waals surface area contributed by atoms with Crippen molar-refractivity contribution in [2.45, 2.75) is 13.0 Å². The van der Waals surface area contributed by atoms with E-state index in [0.29, 0.717) is 15.8 Å². The molecule has 0 aliphatic carbocycles. The second-order valence-corrected chi connectivity index (χ2v) is 5.21. The first-order chi connectivity index (χ1) is 10.1. The number of hydrogen-bond acceptors (Lipinski definition) is 4. The first-order valence-electron chi connectivity index (χ1n) is 6.32. The van der Waals surface area contributed by atoms with E-state index in [4.69, 9.17) is 9.15 Å². The van der Waals surface area contributed by atoms with Gasteiger partial charge in [0.25, 0.3) is 5.91 Å². The highest BCUT2D eigenvalue weighted by Gasteiger charge is 2.15. The number of rotatable bonds is 5. The number of carbonyl (C=O) groups excluding carboxylic acids is 2. The highest BCUT2D eigenvalue weighted by Crippen LogP contribution is 2.16. The molecule has 0 fully saturated rings. The van der Waals surface area contributed by atoms with Crippen molar-refractivity contribution in [2.75, 3.05) is 6.61 Å². The van der Waals surface area contributed by atoms with E-state index in [1.54, 1.807) is 43.3 Å². The Morgan fingerprint density at radius 2 is 2.05 bits per heavy atom. The normalized spacial score (nSPS) is 11.7. The van der Waals surface area contributed by atoms with Crippen molar-refractivity contribution in [3.05, 3.63) is 58.5 Å². The Kier molecular flexibility index (Phi) is 5.16. The van der Waals surface area contributed by atoms with Crippen LogP contribution in [0, 0.1) is 0 Å². The topological polar surface area (TPSA) is 68.5 Å². The van der Waals surface area contributed by atoms with Gasteiger partial charge >= 0.3 is 5.97 Å². The van der Waals surface area contributed by atoms with E-state index < -0.39 is 5.97 Å². The summed E-state index contributed by atoms with van der Waals surface area (Å²) in [6.07, 6.45) is 1.53. The molecular weight excluding hydrogens is 338 g/mol. The van der Waals surface area contributed by atoms with Crippen LogP contribution in [0.1, 0.15) is 29.1 Å². The fourth-order valence-electron chi connectivity index (χ4n) is 1.73. The molecular formula is C15H14BrNO4. The lowest BCUT2D eigenvalue weighted by molar-refractivity contribution is -0.125. The molecule has 1 heterocycles. The molecule has 0 saturated carbocycles. The Labute approximate surface area is 130 Å². The van der Waals surface area contributed by atoms with Crippen LogP contribution in [0.15, 0.2) is 51.6 Å². The van der Waals surface area contributed by atoms with Gasteiger partial charge in [-0.1, -0.05) is 12.1 Å². The van der Waals surface area contributed by atoms with Gasteiger partial charge in [0.1, 0.15) is 5.76 Å². The lowest BCUT2D eigenvalue weighted by atomic mass is 10.2. The molecule has 0 spiro atoms. The number of hydrogen-bond donors (Lipinski definition) is 1. The summed E-state index contributed by atoms with van der Waals surface area (Å²) < 4.78 is 10.8. The minimum atomic E-state index is -0.553. The van der Waals surface area contributed by atoms with E-state index in [0.717, 1.165) is 0 Å². The summed E-state index contributed by atoms with van der Waals surface area (Å²) in [6.45, 7) is 1.44. The predicted octanol–water partition coefficient (Wildman–Crippen LogP) is 3.08. The molecule has 0 radical (unpaired) electrons. The highest BCUT2D eigenvalue weighted by molar-refractivity contribution is 9.10. The molecule has 2 aromatic rings. The van der Waals surface area contributed by atoms with E-state index in [1.807, 2.05) is 0 Å². The molecule has 1 aromatic carbocycles. The van der Waals surface area contributed by atoms with Crippen LogP contribution in [0.3, 0.4) is 0 Å². The summed E-state index contributed by atoms with van der Waals surface area (Å²) >= 11 is 3.26. The summed E-state index contributed by atoms with van der Waals surface area (Å²) in [5, 5.41) is 2.68. The van der Waals surface area contributed by atoms with Gasteiger partial charge in [0.2, 0.25) is 0 Å². The molecule has 0 bridgehead atoms. The second-order valence-electron chi connectivity index (χ2n) is 4.36. The van der Waals surface area contributed by atoms with Crippen LogP contribution < -0.4 is 5.32 Å². The molecule has 1 atom stereocenters. The van der Waals surface area contributed by atoms with E-state index in [1.165, 1.54) is 6.26 Å². The quantitative estimate of drug-likeness (QED) is 0.840. The number of carbonyl (C=O) groups is 2. The molecule has 1 aromatic heterocycles. The van der Waals surface area contributed by atoms with Crippen molar-refractivity contribution in [3.8, 4) is 0 Å². The van der Waals surface area contributed by atoms with Crippen LogP contribution in [-0.4, -0.2) is 18.5 Å². The highest BCUT2D eigenvalue weighted by atomic mass is 79.9. The smallest absolute Gasteiger partial charge is 0.339 e. The van der Waals surface area contributed by atoms with Gasteiger partial charge in [-0.15, -0.1) is 0 Å². The van der Waals surface area contributed by atoms with Crippen molar-refractivity contribution in [1.29, 1.82) is 0 Å². The Balaban J connectivity index is 1.84. The number of nitrogens with one attached hydrogen (secondary N) is 1. The second kappa shape index (κ2) is 7.08. The molecule has 2 rings (SSSR count). The van der Waals surface area contributed by atoms with Crippen molar-refractivity contribution < 1.29 is 18.7 Å². The number of furan rings is 1. The number of amides is 1. The van der Waals surface area contributed by atoms with Crippen molar-refractivity contribution in [2.24, 2.45) is 0 Å².